The second-order valence-electron chi connectivity index (χ2n) is 7.26. The molecule has 1 aromatic carbocycles. The predicted molar refractivity (Wildman–Crippen MR) is 100 cm³/mol. The van der Waals surface area contributed by atoms with E-state index in [2.05, 4.69) is 14.9 Å². The van der Waals surface area contributed by atoms with Gasteiger partial charge in [-0.05, 0) is 23.6 Å². The van der Waals surface area contributed by atoms with E-state index in [4.69, 9.17) is 4.74 Å². The number of aliphatic hydroxyl groups excluding tert-OH is 1. The molecule has 1 aliphatic heterocycles. The Morgan fingerprint density at radius 1 is 1.31 bits per heavy atom. The maximum atomic E-state index is 12.5. The summed E-state index contributed by atoms with van der Waals surface area (Å²) in [4.78, 5) is 22.3. The smallest absolute Gasteiger partial charge is 0.255 e. The number of aliphatic hydroxyl groups is 1. The van der Waals surface area contributed by atoms with E-state index >= 15 is 0 Å². The number of H-pyrrole nitrogens is 1. The van der Waals surface area contributed by atoms with Crippen LogP contribution in [0.5, 0.6) is 5.75 Å². The van der Waals surface area contributed by atoms with Gasteiger partial charge in [-0.1, -0.05) is 26.0 Å². The number of hydrogen-bond acceptors (Lipinski definition) is 5. The number of ether oxygens (including phenoxy) is 1. The molecule has 1 aliphatic rings. The molecule has 1 aromatic heterocycles. The fraction of sp³-hybridized carbons (Fsp3) is 0.500. The van der Waals surface area contributed by atoms with E-state index in [0.717, 1.165) is 35.5 Å². The van der Waals surface area contributed by atoms with E-state index in [1.165, 1.54) is 0 Å². The van der Waals surface area contributed by atoms with Gasteiger partial charge < -0.3 is 14.8 Å². The molecule has 0 radical (unpaired) electrons. The van der Waals surface area contributed by atoms with Crippen molar-refractivity contribution in [2.45, 2.75) is 39.3 Å². The zero-order chi connectivity index (χ0) is 18.7. The molecule has 140 valence electrons. The van der Waals surface area contributed by atoms with Crippen molar-refractivity contribution in [2.75, 3.05) is 20.2 Å². The average molecular weight is 357 g/mol. The molecule has 2 aromatic rings. The second kappa shape index (κ2) is 8.01. The zero-order valence-corrected chi connectivity index (χ0v) is 15.7. The number of methoxy groups -OCH3 is 1. The van der Waals surface area contributed by atoms with Crippen LogP contribution in [0.2, 0.25) is 0 Å². The lowest BCUT2D eigenvalue weighted by Gasteiger charge is -2.30. The van der Waals surface area contributed by atoms with Crippen molar-refractivity contribution >= 4 is 0 Å². The molecule has 0 amide bonds. The lowest BCUT2D eigenvalue weighted by Crippen LogP contribution is -2.41. The van der Waals surface area contributed by atoms with E-state index in [0.29, 0.717) is 25.3 Å². The zero-order valence-electron chi connectivity index (χ0n) is 15.7. The third kappa shape index (κ3) is 4.31. The average Bonchev–Trinajstić information content (AvgIpc) is 2.63. The van der Waals surface area contributed by atoms with Gasteiger partial charge in [0.2, 0.25) is 0 Å². The minimum absolute atomic E-state index is 0.0674. The summed E-state index contributed by atoms with van der Waals surface area (Å²) in [6.45, 7) is 5.95. The number of β-amino-alcohol motifs (C(OH)–C–C–N with tert-alkyl or cyclic N) is 1. The van der Waals surface area contributed by atoms with Crippen molar-refractivity contribution in [3.05, 3.63) is 57.3 Å². The van der Waals surface area contributed by atoms with Crippen LogP contribution >= 0.6 is 0 Å². The molecule has 0 fully saturated rings. The first-order valence-electron chi connectivity index (χ1n) is 9.10. The highest BCUT2D eigenvalue weighted by Gasteiger charge is 2.23. The first-order valence-corrected chi connectivity index (χ1v) is 9.10. The van der Waals surface area contributed by atoms with E-state index in [-0.39, 0.29) is 17.6 Å². The van der Waals surface area contributed by atoms with E-state index in [1.54, 1.807) is 7.11 Å². The van der Waals surface area contributed by atoms with Crippen LogP contribution in [0, 0.1) is 5.92 Å². The maximum Gasteiger partial charge on any atom is 0.255 e. The Morgan fingerprint density at radius 2 is 2.04 bits per heavy atom. The van der Waals surface area contributed by atoms with E-state index < -0.39 is 0 Å². The number of aromatic nitrogens is 2. The Balaban J connectivity index is 1.73. The van der Waals surface area contributed by atoms with Gasteiger partial charge in [0.25, 0.3) is 5.56 Å². The summed E-state index contributed by atoms with van der Waals surface area (Å²) in [6, 6.07) is 7.77. The Kier molecular flexibility index (Phi) is 5.74. The Bertz CT molecular complexity index is 799. The summed E-state index contributed by atoms with van der Waals surface area (Å²) >= 11 is 0. The topological polar surface area (TPSA) is 78.5 Å². The van der Waals surface area contributed by atoms with Crippen LogP contribution in [0.4, 0.5) is 0 Å². The lowest BCUT2D eigenvalue weighted by atomic mass is 10.0. The Morgan fingerprint density at radius 3 is 2.69 bits per heavy atom. The van der Waals surface area contributed by atoms with E-state index in [9.17, 15) is 9.90 Å². The molecule has 3 rings (SSSR count). The fourth-order valence-electron chi connectivity index (χ4n) is 3.18. The molecule has 26 heavy (non-hydrogen) atoms. The van der Waals surface area contributed by atoms with Gasteiger partial charge in [0.05, 0.1) is 24.5 Å². The molecule has 0 bridgehead atoms. The molecule has 0 saturated carbocycles. The Hall–Kier alpha value is -2.18. The van der Waals surface area contributed by atoms with Crippen molar-refractivity contribution < 1.29 is 9.84 Å². The number of aromatic amines is 1. The monoisotopic (exact) mass is 357 g/mol. The van der Waals surface area contributed by atoms with Crippen LogP contribution < -0.4 is 10.3 Å². The van der Waals surface area contributed by atoms with Gasteiger partial charge >= 0.3 is 0 Å². The summed E-state index contributed by atoms with van der Waals surface area (Å²) in [5.41, 5.74) is 2.62. The van der Waals surface area contributed by atoms with Crippen molar-refractivity contribution in [1.29, 1.82) is 0 Å². The molecule has 6 heteroatoms. The van der Waals surface area contributed by atoms with Gasteiger partial charge in [0.15, 0.2) is 0 Å². The summed E-state index contributed by atoms with van der Waals surface area (Å²) in [7, 11) is 1.64. The third-order valence-electron chi connectivity index (χ3n) is 4.94. The number of hydrogen-bond donors (Lipinski definition) is 2. The molecule has 0 aliphatic carbocycles. The van der Waals surface area contributed by atoms with Crippen LogP contribution in [-0.4, -0.2) is 46.3 Å². The number of rotatable bonds is 6. The van der Waals surface area contributed by atoms with Crippen LogP contribution in [0.15, 0.2) is 29.1 Å². The fourth-order valence-corrected chi connectivity index (χ4v) is 3.18. The third-order valence-corrected chi connectivity index (χ3v) is 4.94. The number of fused-ring (bicyclic) bond motifs is 1. The molecular formula is C20H27N3O3. The molecule has 1 atom stereocenters. The van der Waals surface area contributed by atoms with Crippen LogP contribution in [-0.2, 0) is 19.4 Å². The molecule has 2 heterocycles. The van der Waals surface area contributed by atoms with Crippen molar-refractivity contribution in [3.63, 3.8) is 0 Å². The van der Waals surface area contributed by atoms with Gasteiger partial charge in [-0.15, -0.1) is 0 Å². The van der Waals surface area contributed by atoms with Crippen LogP contribution in [0.3, 0.4) is 0 Å². The Labute approximate surface area is 153 Å². The number of nitrogens with one attached hydrogen (secondary N) is 1. The minimum atomic E-state index is -0.377. The second-order valence-corrected chi connectivity index (χ2v) is 7.26. The molecule has 0 spiro atoms. The highest BCUT2D eigenvalue weighted by atomic mass is 16.5. The summed E-state index contributed by atoms with van der Waals surface area (Å²) < 4.78 is 5.17. The van der Waals surface area contributed by atoms with Crippen molar-refractivity contribution in [2.24, 2.45) is 5.92 Å². The minimum Gasteiger partial charge on any atom is -0.497 e. The van der Waals surface area contributed by atoms with Gasteiger partial charge in [0, 0.05) is 32.5 Å². The molecule has 0 saturated heterocycles. The van der Waals surface area contributed by atoms with Crippen molar-refractivity contribution in [3.8, 4) is 5.75 Å². The first kappa shape index (κ1) is 18.6. The maximum absolute atomic E-state index is 12.5. The van der Waals surface area contributed by atoms with Gasteiger partial charge in [0.1, 0.15) is 11.6 Å². The first-order chi connectivity index (χ1) is 12.5. The lowest BCUT2D eigenvalue weighted by molar-refractivity contribution is 0.0704. The van der Waals surface area contributed by atoms with Gasteiger partial charge in [-0.2, -0.15) is 0 Å². The largest absolute Gasteiger partial charge is 0.497 e. The normalized spacial score (nSPS) is 15.7. The van der Waals surface area contributed by atoms with Crippen LogP contribution in [0.1, 0.15) is 36.5 Å². The van der Waals surface area contributed by atoms with Crippen molar-refractivity contribution in [1.82, 2.24) is 14.9 Å². The molecule has 6 nitrogen and oxygen atoms in total. The number of nitrogens with zero attached hydrogens (tertiary/aromatic N) is 2. The summed E-state index contributed by atoms with van der Waals surface area (Å²) in [6.07, 6.45) is 0.944. The van der Waals surface area contributed by atoms with E-state index in [1.807, 2.05) is 38.1 Å². The quantitative estimate of drug-likeness (QED) is 0.823. The summed E-state index contributed by atoms with van der Waals surface area (Å²) in [5.74, 6) is 1.71. The highest BCUT2D eigenvalue weighted by molar-refractivity contribution is 5.29. The standard InChI is InChI=1S/C20H27N3O3/c1-13(2)18(24)12-23-9-8-17-16(11-23)20(25)22-19(21-17)10-14-4-6-15(26-3)7-5-14/h4-7,13,18,24H,8-12H2,1-3H3,(H,21,22,25)/t18-/m1/s1. The van der Waals surface area contributed by atoms with Gasteiger partial charge in [-0.25, -0.2) is 4.98 Å². The SMILES string of the molecule is COc1ccc(Cc2nc3c(c(=O)[nH]2)CN(C[C@@H](O)C(C)C)CC3)cc1. The van der Waals surface area contributed by atoms with Crippen LogP contribution in [0.25, 0.3) is 0 Å². The predicted octanol–water partition coefficient (Wildman–Crippen LogP) is 1.74. The summed E-state index contributed by atoms with van der Waals surface area (Å²) in [5, 5.41) is 10.1. The number of benzene rings is 1. The molecular weight excluding hydrogens is 330 g/mol. The van der Waals surface area contributed by atoms with Gasteiger partial charge in [-0.3, -0.25) is 9.69 Å². The molecule has 2 N–H and O–H groups in total. The highest BCUT2D eigenvalue weighted by Crippen LogP contribution is 2.17. The molecule has 0 unspecified atom stereocenters.